The SMILES string of the molecule is O=C(c1bcc(C(=O)c2ccccc2)cc1)c1ccccc1. The minimum atomic E-state index is -0.0423. The summed E-state index contributed by atoms with van der Waals surface area (Å²) in [5, 5.41) is 0. The van der Waals surface area contributed by atoms with Crippen molar-refractivity contribution < 1.29 is 9.59 Å². The Labute approximate surface area is 129 Å². The van der Waals surface area contributed by atoms with Crippen LogP contribution in [-0.2, 0) is 0 Å². The van der Waals surface area contributed by atoms with Crippen molar-refractivity contribution in [3.05, 3.63) is 101 Å². The molecule has 0 amide bonds. The molecule has 0 saturated carbocycles. The van der Waals surface area contributed by atoms with Gasteiger partial charge in [0.25, 0.3) is 0 Å². The molecule has 1 heterocycles. The second-order valence-corrected chi connectivity index (χ2v) is 4.97. The van der Waals surface area contributed by atoms with E-state index >= 15 is 0 Å². The van der Waals surface area contributed by atoms with Gasteiger partial charge in [-0.15, -0.1) is 0 Å². The standard InChI is InChI=1S/C19H13BO2/c21-18(14-7-3-1-4-8-14)16-11-12-17(20-13-16)19(22)15-9-5-2-6-10-15/h1-13H. The fourth-order valence-electron chi connectivity index (χ4n) is 2.29. The Morgan fingerprint density at radius 1 is 0.591 bits per heavy atom. The first-order chi connectivity index (χ1) is 10.8. The average molecular weight is 284 g/mol. The summed E-state index contributed by atoms with van der Waals surface area (Å²) in [6.07, 6.45) is 0. The van der Waals surface area contributed by atoms with Crippen LogP contribution in [0.2, 0.25) is 0 Å². The first-order valence-electron chi connectivity index (χ1n) is 7.05. The minimum absolute atomic E-state index is 0.0423. The van der Waals surface area contributed by atoms with Crippen molar-refractivity contribution in [1.82, 2.24) is 0 Å². The Morgan fingerprint density at radius 3 is 1.64 bits per heavy atom. The molecule has 0 spiro atoms. The van der Waals surface area contributed by atoms with Gasteiger partial charge in [0, 0.05) is 0 Å². The number of ketones is 2. The third kappa shape index (κ3) is 2.94. The monoisotopic (exact) mass is 284 g/mol. The van der Waals surface area contributed by atoms with E-state index in [0.717, 1.165) is 0 Å². The zero-order valence-electron chi connectivity index (χ0n) is 11.9. The van der Waals surface area contributed by atoms with Crippen LogP contribution in [0.4, 0.5) is 0 Å². The van der Waals surface area contributed by atoms with Crippen molar-refractivity contribution in [2.75, 3.05) is 0 Å². The van der Waals surface area contributed by atoms with Gasteiger partial charge in [0.05, 0.1) is 0 Å². The summed E-state index contributed by atoms with van der Waals surface area (Å²) in [6, 6.07) is 21.6. The molecule has 1 aromatic heterocycles. The van der Waals surface area contributed by atoms with Crippen LogP contribution in [0.5, 0.6) is 0 Å². The van der Waals surface area contributed by atoms with Gasteiger partial charge in [0.15, 0.2) is 0 Å². The average Bonchev–Trinajstić information content (AvgIpc) is 2.62. The molecule has 0 aliphatic rings. The van der Waals surface area contributed by atoms with Gasteiger partial charge in [-0.3, -0.25) is 0 Å². The Hall–Kier alpha value is -2.81. The molecule has 0 aliphatic carbocycles. The van der Waals surface area contributed by atoms with Crippen molar-refractivity contribution in [3.63, 3.8) is 0 Å². The van der Waals surface area contributed by atoms with E-state index in [-0.39, 0.29) is 11.6 Å². The number of carbonyl (C=O) groups excluding carboxylic acids is 2. The molecule has 2 nitrogen and oxygen atoms in total. The first-order valence-corrected chi connectivity index (χ1v) is 7.05. The summed E-state index contributed by atoms with van der Waals surface area (Å²) in [4.78, 5) is 24.6. The third-order valence-electron chi connectivity index (χ3n) is 3.48. The van der Waals surface area contributed by atoms with E-state index in [9.17, 15) is 9.59 Å². The summed E-state index contributed by atoms with van der Waals surface area (Å²) >= 11 is 0. The number of rotatable bonds is 4. The van der Waals surface area contributed by atoms with Crippen molar-refractivity contribution >= 4 is 18.5 Å². The molecule has 0 saturated heterocycles. The summed E-state index contributed by atoms with van der Waals surface area (Å²) in [5.41, 5.74) is 2.45. The zero-order chi connectivity index (χ0) is 15.4. The molecule has 3 aromatic rings. The molecule has 0 bridgehead atoms. The van der Waals surface area contributed by atoms with Crippen LogP contribution in [0.15, 0.2) is 78.8 Å². The van der Waals surface area contributed by atoms with Crippen LogP contribution in [0.3, 0.4) is 0 Å². The summed E-state index contributed by atoms with van der Waals surface area (Å²) < 4.78 is 0. The number of carbonyl (C=O) groups is 2. The van der Waals surface area contributed by atoms with Crippen LogP contribution < -0.4 is 0 Å². The summed E-state index contributed by atoms with van der Waals surface area (Å²) in [5.74, 6) is 1.62. The molecular weight excluding hydrogens is 271 g/mol. The fourth-order valence-corrected chi connectivity index (χ4v) is 2.29. The Morgan fingerprint density at radius 2 is 1.14 bits per heavy atom. The van der Waals surface area contributed by atoms with Gasteiger partial charge >= 0.3 is 129 Å². The van der Waals surface area contributed by atoms with Gasteiger partial charge < -0.3 is 0 Å². The molecule has 22 heavy (non-hydrogen) atoms. The topological polar surface area (TPSA) is 34.1 Å². The molecule has 0 radical (unpaired) electrons. The first kappa shape index (κ1) is 14.1. The van der Waals surface area contributed by atoms with Gasteiger partial charge in [-0.05, 0) is 0 Å². The van der Waals surface area contributed by atoms with Crippen molar-refractivity contribution in [1.29, 1.82) is 0 Å². The van der Waals surface area contributed by atoms with Gasteiger partial charge in [0.2, 0.25) is 0 Å². The Bertz CT molecular complexity index is 723. The van der Waals surface area contributed by atoms with E-state index in [1.807, 2.05) is 36.4 Å². The molecule has 0 atom stereocenters. The predicted molar refractivity (Wildman–Crippen MR) is 87.5 cm³/mol. The number of hydrogen-bond donors (Lipinski definition) is 0. The van der Waals surface area contributed by atoms with Crippen LogP contribution in [0.1, 0.15) is 31.7 Å². The number of hydrogen-bond acceptors (Lipinski definition) is 2. The normalized spacial score (nSPS) is 10.0. The van der Waals surface area contributed by atoms with Crippen LogP contribution in [-0.4, -0.2) is 18.5 Å². The van der Waals surface area contributed by atoms with Crippen molar-refractivity contribution in [2.24, 2.45) is 0 Å². The molecule has 104 valence electrons. The zero-order valence-corrected chi connectivity index (χ0v) is 11.9. The van der Waals surface area contributed by atoms with E-state index in [1.54, 1.807) is 49.3 Å². The molecule has 0 unspecified atom stereocenters. The maximum atomic E-state index is 12.3. The quantitative estimate of drug-likeness (QED) is 0.687. The van der Waals surface area contributed by atoms with Crippen molar-refractivity contribution in [3.8, 4) is 0 Å². The molecule has 3 rings (SSSR count). The van der Waals surface area contributed by atoms with E-state index in [1.165, 1.54) is 0 Å². The van der Waals surface area contributed by atoms with E-state index < -0.39 is 0 Å². The second-order valence-electron chi connectivity index (χ2n) is 4.97. The Balaban J connectivity index is 1.84. The van der Waals surface area contributed by atoms with Crippen LogP contribution >= 0.6 is 0 Å². The van der Waals surface area contributed by atoms with E-state index in [2.05, 4.69) is 0 Å². The van der Waals surface area contributed by atoms with Gasteiger partial charge in [-0.25, -0.2) is 0 Å². The van der Waals surface area contributed by atoms with E-state index in [0.29, 0.717) is 22.1 Å². The predicted octanol–water partition coefficient (Wildman–Crippen LogP) is 3.49. The second kappa shape index (κ2) is 6.31. The maximum absolute atomic E-state index is 12.3. The van der Waals surface area contributed by atoms with E-state index in [4.69, 9.17) is 0 Å². The molecule has 2 aromatic carbocycles. The van der Waals surface area contributed by atoms with Gasteiger partial charge in [-0.2, -0.15) is 0 Å². The van der Waals surface area contributed by atoms with Crippen molar-refractivity contribution in [2.45, 2.75) is 0 Å². The fraction of sp³-hybridized carbons (Fsp3) is 0. The van der Waals surface area contributed by atoms with Gasteiger partial charge in [0.1, 0.15) is 0 Å². The molecular formula is C19H13BO2. The van der Waals surface area contributed by atoms with Gasteiger partial charge in [-0.1, -0.05) is 0 Å². The third-order valence-corrected chi connectivity index (χ3v) is 3.48. The Kier molecular flexibility index (Phi) is 4.06. The summed E-state index contributed by atoms with van der Waals surface area (Å²) in [6.45, 7) is 1.70. The number of benzene rings is 2. The summed E-state index contributed by atoms with van der Waals surface area (Å²) in [7, 11) is 0. The molecule has 3 heteroatoms. The van der Waals surface area contributed by atoms with Crippen LogP contribution in [0.25, 0.3) is 0 Å². The van der Waals surface area contributed by atoms with Crippen LogP contribution in [0, 0.1) is 0 Å². The molecule has 0 aliphatic heterocycles. The molecule has 0 fully saturated rings. The molecule has 0 N–H and O–H groups in total.